The monoisotopic (exact) mass is 563 g/mol. The van der Waals surface area contributed by atoms with Crippen molar-refractivity contribution in [3.05, 3.63) is 59.9 Å². The van der Waals surface area contributed by atoms with Crippen LogP contribution >= 0.6 is 24.0 Å². The normalized spacial score (nSPS) is 15.9. The van der Waals surface area contributed by atoms with Crippen molar-refractivity contribution >= 4 is 41.0 Å². The van der Waals surface area contributed by atoms with Gasteiger partial charge in [0.2, 0.25) is 0 Å². The minimum absolute atomic E-state index is 0. The summed E-state index contributed by atoms with van der Waals surface area (Å²) in [7, 11) is 1.80. The highest BCUT2D eigenvalue weighted by atomic mass is 127. The first-order valence-corrected chi connectivity index (χ1v) is 11.4. The number of benzene rings is 2. The van der Waals surface area contributed by atoms with Gasteiger partial charge in [0.25, 0.3) is 0 Å². The number of rotatable bonds is 9. The van der Waals surface area contributed by atoms with Gasteiger partial charge in [-0.3, -0.25) is 4.99 Å². The minimum Gasteiger partial charge on any atom is -0.493 e. The first-order valence-electron chi connectivity index (χ1n) is 11.4. The zero-order valence-corrected chi connectivity index (χ0v) is 21.7. The van der Waals surface area contributed by atoms with Gasteiger partial charge in [-0.25, -0.2) is 4.98 Å². The maximum atomic E-state index is 6.15. The van der Waals surface area contributed by atoms with Gasteiger partial charge in [-0.2, -0.15) is 0 Å². The number of aryl methyl sites for hydroxylation is 2. The van der Waals surface area contributed by atoms with Crippen LogP contribution in [0.15, 0.2) is 53.8 Å². The van der Waals surface area contributed by atoms with Crippen molar-refractivity contribution in [1.29, 1.82) is 0 Å². The molecule has 3 aromatic rings. The SMILES string of the molecule is CN=C(NCCCn1cnc2ccccc21)NCc1ccc(C)cc1OCC1CCOC1.I. The van der Waals surface area contributed by atoms with E-state index in [1.807, 2.05) is 18.5 Å². The molecule has 2 aromatic carbocycles. The van der Waals surface area contributed by atoms with E-state index in [0.29, 0.717) is 19.1 Å². The Kier molecular flexibility index (Phi) is 9.80. The number of nitrogens with one attached hydrogen (secondary N) is 2. The molecule has 0 aliphatic carbocycles. The van der Waals surface area contributed by atoms with E-state index in [1.54, 1.807) is 7.05 Å². The number of imidazole rings is 1. The van der Waals surface area contributed by atoms with Crippen molar-refractivity contribution in [2.75, 3.05) is 33.4 Å². The highest BCUT2D eigenvalue weighted by molar-refractivity contribution is 14.0. The molecule has 1 fully saturated rings. The van der Waals surface area contributed by atoms with Crippen LogP contribution in [0.2, 0.25) is 0 Å². The first-order chi connectivity index (χ1) is 15.7. The van der Waals surface area contributed by atoms with Crippen LogP contribution in [0.1, 0.15) is 24.0 Å². The number of halogens is 1. The summed E-state index contributed by atoms with van der Waals surface area (Å²) < 4.78 is 13.8. The molecule has 178 valence electrons. The van der Waals surface area contributed by atoms with Gasteiger partial charge in [0.1, 0.15) is 5.75 Å². The molecule has 1 aliphatic heterocycles. The number of fused-ring (bicyclic) bond motifs is 1. The van der Waals surface area contributed by atoms with Crippen LogP contribution in [0.4, 0.5) is 0 Å². The predicted molar refractivity (Wildman–Crippen MR) is 144 cm³/mol. The number of hydrogen-bond acceptors (Lipinski definition) is 4. The van der Waals surface area contributed by atoms with Gasteiger partial charge in [0, 0.05) is 44.8 Å². The Hall–Kier alpha value is -2.33. The molecule has 1 aliphatic rings. The lowest BCUT2D eigenvalue weighted by atomic mass is 10.1. The Morgan fingerprint density at radius 3 is 2.94 bits per heavy atom. The topological polar surface area (TPSA) is 72.7 Å². The fraction of sp³-hybridized carbons (Fsp3) is 0.440. The van der Waals surface area contributed by atoms with E-state index in [1.165, 1.54) is 11.1 Å². The van der Waals surface area contributed by atoms with Crippen molar-refractivity contribution < 1.29 is 9.47 Å². The van der Waals surface area contributed by atoms with Gasteiger partial charge in [0.05, 0.1) is 30.6 Å². The zero-order chi connectivity index (χ0) is 22.2. The van der Waals surface area contributed by atoms with E-state index in [9.17, 15) is 0 Å². The van der Waals surface area contributed by atoms with Crippen LogP contribution in [0, 0.1) is 12.8 Å². The number of aliphatic imine (C=N–C) groups is 1. The maximum Gasteiger partial charge on any atom is 0.191 e. The molecule has 2 N–H and O–H groups in total. The number of para-hydroxylation sites is 2. The molecule has 0 bridgehead atoms. The van der Waals surface area contributed by atoms with Crippen LogP contribution in [-0.4, -0.2) is 48.9 Å². The highest BCUT2D eigenvalue weighted by Gasteiger charge is 2.17. The fourth-order valence-corrected chi connectivity index (χ4v) is 3.91. The number of hydrogen-bond donors (Lipinski definition) is 2. The van der Waals surface area contributed by atoms with E-state index < -0.39 is 0 Å². The van der Waals surface area contributed by atoms with Crippen molar-refractivity contribution in [1.82, 2.24) is 20.2 Å². The summed E-state index contributed by atoms with van der Waals surface area (Å²) in [4.78, 5) is 8.82. The van der Waals surface area contributed by atoms with Gasteiger partial charge >= 0.3 is 0 Å². The Morgan fingerprint density at radius 2 is 2.12 bits per heavy atom. The third-order valence-electron chi connectivity index (χ3n) is 5.79. The Morgan fingerprint density at radius 1 is 1.24 bits per heavy atom. The average Bonchev–Trinajstić information content (AvgIpc) is 3.48. The summed E-state index contributed by atoms with van der Waals surface area (Å²) >= 11 is 0. The summed E-state index contributed by atoms with van der Waals surface area (Å²) in [6, 6.07) is 14.6. The van der Waals surface area contributed by atoms with E-state index in [4.69, 9.17) is 9.47 Å². The molecule has 0 radical (unpaired) electrons. The molecule has 1 saturated heterocycles. The lowest BCUT2D eigenvalue weighted by molar-refractivity contribution is 0.166. The molecule has 4 rings (SSSR count). The fourth-order valence-electron chi connectivity index (χ4n) is 3.91. The third kappa shape index (κ3) is 7.07. The summed E-state index contributed by atoms with van der Waals surface area (Å²) in [5.74, 6) is 2.21. The molecule has 0 saturated carbocycles. The second kappa shape index (κ2) is 12.8. The molecule has 1 unspecified atom stereocenters. The van der Waals surface area contributed by atoms with Gasteiger partial charge in [0.15, 0.2) is 5.96 Å². The molecule has 1 aromatic heterocycles. The Balaban J connectivity index is 0.00000306. The van der Waals surface area contributed by atoms with Gasteiger partial charge in [-0.05, 0) is 43.5 Å². The molecule has 0 spiro atoms. The number of nitrogens with zero attached hydrogens (tertiary/aromatic N) is 3. The smallest absolute Gasteiger partial charge is 0.191 e. The lowest BCUT2D eigenvalue weighted by Crippen LogP contribution is -2.37. The van der Waals surface area contributed by atoms with Gasteiger partial charge in [-0.1, -0.05) is 24.3 Å². The number of guanidine groups is 1. The molecular weight excluding hydrogens is 529 g/mol. The molecule has 1 atom stereocenters. The largest absolute Gasteiger partial charge is 0.493 e. The van der Waals surface area contributed by atoms with Crippen LogP contribution in [0.3, 0.4) is 0 Å². The predicted octanol–water partition coefficient (Wildman–Crippen LogP) is 4.13. The van der Waals surface area contributed by atoms with E-state index in [2.05, 4.69) is 62.4 Å². The summed E-state index contributed by atoms with van der Waals surface area (Å²) in [6.45, 7) is 6.82. The standard InChI is InChI=1S/C25H33N5O2.HI/c1-19-8-9-21(24(14-19)32-17-20-10-13-31-16-20)15-28-25(26-2)27-11-5-12-30-18-29-22-6-3-4-7-23(22)30;/h3-4,6-9,14,18,20H,5,10-13,15-17H2,1-2H3,(H2,26,27,28);1H. The molecule has 33 heavy (non-hydrogen) atoms. The molecule has 0 amide bonds. The van der Waals surface area contributed by atoms with Crippen molar-refractivity contribution in [2.45, 2.75) is 32.9 Å². The summed E-state index contributed by atoms with van der Waals surface area (Å²) in [5, 5.41) is 6.82. The van der Waals surface area contributed by atoms with Crippen LogP contribution in [0.25, 0.3) is 11.0 Å². The molecular formula is C25H34IN5O2. The van der Waals surface area contributed by atoms with Crippen LogP contribution in [-0.2, 0) is 17.8 Å². The minimum atomic E-state index is 0. The van der Waals surface area contributed by atoms with Crippen LogP contribution in [0.5, 0.6) is 5.75 Å². The van der Waals surface area contributed by atoms with Gasteiger partial charge in [-0.15, -0.1) is 24.0 Å². The molecule has 8 heteroatoms. The lowest BCUT2D eigenvalue weighted by Gasteiger charge is -2.17. The number of ether oxygens (including phenoxy) is 2. The van der Waals surface area contributed by atoms with Crippen LogP contribution < -0.4 is 15.4 Å². The average molecular weight is 563 g/mol. The van der Waals surface area contributed by atoms with E-state index in [-0.39, 0.29) is 24.0 Å². The second-order valence-corrected chi connectivity index (χ2v) is 8.28. The van der Waals surface area contributed by atoms with Crippen molar-refractivity contribution in [2.24, 2.45) is 10.9 Å². The van der Waals surface area contributed by atoms with E-state index >= 15 is 0 Å². The molecule has 2 heterocycles. The van der Waals surface area contributed by atoms with Crippen molar-refractivity contribution in [3.63, 3.8) is 0 Å². The van der Waals surface area contributed by atoms with Crippen molar-refractivity contribution in [3.8, 4) is 5.75 Å². The second-order valence-electron chi connectivity index (χ2n) is 8.28. The highest BCUT2D eigenvalue weighted by Crippen LogP contribution is 2.22. The maximum absolute atomic E-state index is 6.15. The van der Waals surface area contributed by atoms with E-state index in [0.717, 1.165) is 61.9 Å². The first kappa shape index (κ1) is 25.3. The summed E-state index contributed by atoms with van der Waals surface area (Å²) in [5.41, 5.74) is 4.53. The number of aromatic nitrogens is 2. The summed E-state index contributed by atoms with van der Waals surface area (Å²) in [6.07, 6.45) is 3.96. The Bertz CT molecular complexity index is 1050. The third-order valence-corrected chi connectivity index (χ3v) is 5.79. The quantitative estimate of drug-likeness (QED) is 0.177. The Labute approximate surface area is 213 Å². The zero-order valence-electron chi connectivity index (χ0n) is 19.4. The molecule has 7 nitrogen and oxygen atoms in total. The van der Waals surface area contributed by atoms with Gasteiger partial charge < -0.3 is 24.7 Å².